The van der Waals surface area contributed by atoms with Crippen molar-refractivity contribution in [1.82, 2.24) is 20.1 Å². The van der Waals surface area contributed by atoms with Crippen LogP contribution >= 0.6 is 11.8 Å². The van der Waals surface area contributed by atoms with Crippen molar-refractivity contribution in [3.05, 3.63) is 126 Å². The third-order valence-corrected chi connectivity index (χ3v) is 9.61. The van der Waals surface area contributed by atoms with Crippen LogP contribution in [-0.4, -0.2) is 56.0 Å². The Morgan fingerprint density at radius 3 is 2.42 bits per heavy atom. The zero-order chi connectivity index (χ0) is 39.0. The van der Waals surface area contributed by atoms with Crippen molar-refractivity contribution >= 4 is 40.5 Å². The van der Waals surface area contributed by atoms with Gasteiger partial charge in [-0.3, -0.25) is 14.5 Å². The van der Waals surface area contributed by atoms with Gasteiger partial charge in [-0.05, 0) is 72.7 Å². The van der Waals surface area contributed by atoms with Crippen LogP contribution < -0.4 is 15.0 Å². The molecule has 0 aliphatic carbocycles. The fraction of sp³-hybridized carbons (Fsp3) is 0.250. The van der Waals surface area contributed by atoms with Gasteiger partial charge in [-0.2, -0.15) is 4.99 Å². The summed E-state index contributed by atoms with van der Waals surface area (Å²) in [6, 6.07) is 27.1. The van der Waals surface area contributed by atoms with Crippen molar-refractivity contribution in [1.29, 1.82) is 0 Å². The average Bonchev–Trinajstić information content (AvgIpc) is 3.80. The number of para-hydroxylation sites is 1. The molecule has 1 N–H and O–H groups in total. The third kappa shape index (κ3) is 10.4. The molecule has 1 unspecified atom stereocenters. The molecule has 1 aliphatic heterocycles. The minimum absolute atomic E-state index is 0.0581. The van der Waals surface area contributed by atoms with E-state index in [-0.39, 0.29) is 30.4 Å². The summed E-state index contributed by atoms with van der Waals surface area (Å²) in [5.41, 5.74) is 5.55. The number of anilines is 1. The summed E-state index contributed by atoms with van der Waals surface area (Å²) in [7, 11) is 0. The largest absolute Gasteiger partial charge is 0.573 e. The van der Waals surface area contributed by atoms with Gasteiger partial charge in [-0.15, -0.1) is 18.3 Å². The summed E-state index contributed by atoms with van der Waals surface area (Å²) in [4.78, 5) is 49.7. The molecule has 1 atom stereocenters. The number of hydrogen-bond donors (Lipinski definition) is 1. The minimum Gasteiger partial charge on any atom is -0.445 e. The van der Waals surface area contributed by atoms with Gasteiger partial charge in [-0.25, -0.2) is 14.5 Å². The number of benzene rings is 4. The SMILES string of the molecule is CCc1cccc(C)c1N1C(=O)CSC1=NC(=O)CC(CCc1ccc(-c2ncn(-c3ccc(OC(F)(F)F)cc3)n2)cc1)NC(=O)OCc1ccccc1. The highest BCUT2D eigenvalue weighted by Gasteiger charge is 2.33. The predicted molar refractivity (Wildman–Crippen MR) is 203 cm³/mol. The number of carbonyl (C=O) groups excluding carboxylic acids is 3. The molecule has 1 aliphatic rings. The quantitative estimate of drug-likeness (QED) is 0.128. The Labute approximate surface area is 319 Å². The number of aryl methyl sites for hydroxylation is 3. The number of aliphatic imine (C=N–C) groups is 1. The lowest BCUT2D eigenvalue weighted by atomic mass is 10.0. The van der Waals surface area contributed by atoms with Crippen molar-refractivity contribution in [3.63, 3.8) is 0 Å². The standard InChI is InChI=1S/C40H37F3N6O5S/c1-3-29-11-7-8-26(2)36(29)49-35(51)24-55-38(49)46-34(50)22-31(45-39(52)53-23-28-9-5-4-6-10-28)17-14-27-12-15-30(16-13-27)37-44-25-48(47-37)32-18-20-33(21-19-32)54-40(41,42)43/h4-13,15-16,18-21,25,31H,3,14,17,22-24H2,1-2H3,(H,45,52). The molecule has 0 spiro atoms. The zero-order valence-electron chi connectivity index (χ0n) is 30.0. The van der Waals surface area contributed by atoms with Crippen LogP contribution in [0.4, 0.5) is 23.7 Å². The number of thioether (sulfide) groups is 1. The molecule has 0 bridgehead atoms. The predicted octanol–water partition coefficient (Wildman–Crippen LogP) is 7.98. The van der Waals surface area contributed by atoms with Crippen LogP contribution in [0.5, 0.6) is 5.75 Å². The molecule has 6 rings (SSSR count). The first-order chi connectivity index (χ1) is 26.5. The molecule has 1 fully saturated rings. The van der Waals surface area contributed by atoms with Crippen LogP contribution in [0, 0.1) is 6.92 Å². The van der Waals surface area contributed by atoms with Crippen molar-refractivity contribution in [2.45, 2.75) is 58.5 Å². The van der Waals surface area contributed by atoms with Gasteiger partial charge in [0.05, 0.1) is 17.1 Å². The van der Waals surface area contributed by atoms with E-state index in [0.29, 0.717) is 41.5 Å². The molecular formula is C40H37F3N6O5S. The first-order valence-corrected chi connectivity index (χ1v) is 18.4. The molecule has 284 valence electrons. The van der Waals surface area contributed by atoms with Gasteiger partial charge in [-0.1, -0.05) is 91.5 Å². The smallest absolute Gasteiger partial charge is 0.445 e. The van der Waals surface area contributed by atoms with Crippen LogP contribution in [0.15, 0.2) is 108 Å². The van der Waals surface area contributed by atoms with Gasteiger partial charge >= 0.3 is 12.5 Å². The Morgan fingerprint density at radius 2 is 1.71 bits per heavy atom. The second-order valence-electron chi connectivity index (χ2n) is 12.6. The summed E-state index contributed by atoms with van der Waals surface area (Å²) in [5.74, 6) is -0.412. The Bertz CT molecular complexity index is 2160. The van der Waals surface area contributed by atoms with Gasteiger partial charge in [0, 0.05) is 18.0 Å². The number of rotatable bonds is 13. The summed E-state index contributed by atoms with van der Waals surface area (Å²) in [6.45, 7) is 3.98. The molecule has 0 radical (unpaired) electrons. The minimum atomic E-state index is -4.78. The maximum absolute atomic E-state index is 13.5. The van der Waals surface area contributed by atoms with Gasteiger partial charge in [0.2, 0.25) is 11.8 Å². The number of hydrogen-bond acceptors (Lipinski definition) is 8. The summed E-state index contributed by atoms with van der Waals surface area (Å²) in [6.07, 6.45) is -2.55. The second-order valence-corrected chi connectivity index (χ2v) is 13.6. The summed E-state index contributed by atoms with van der Waals surface area (Å²) >= 11 is 1.21. The van der Waals surface area contributed by atoms with Crippen LogP contribution in [0.25, 0.3) is 17.1 Å². The molecule has 0 saturated carbocycles. The van der Waals surface area contributed by atoms with E-state index in [0.717, 1.165) is 27.9 Å². The number of carbonyl (C=O) groups is 3. The van der Waals surface area contributed by atoms with E-state index in [2.05, 4.69) is 25.1 Å². The van der Waals surface area contributed by atoms with Crippen molar-refractivity contribution < 1.29 is 37.0 Å². The average molecular weight is 771 g/mol. The molecule has 5 aromatic rings. The number of alkyl carbamates (subject to hydrolysis) is 1. The van der Waals surface area contributed by atoms with Gasteiger partial charge in [0.25, 0.3) is 0 Å². The third-order valence-electron chi connectivity index (χ3n) is 8.69. The number of amidine groups is 1. The Hall–Kier alpha value is -5.96. The van der Waals surface area contributed by atoms with Crippen LogP contribution in [0.1, 0.15) is 42.0 Å². The van der Waals surface area contributed by atoms with Crippen molar-refractivity contribution in [3.8, 4) is 22.8 Å². The number of nitrogens with one attached hydrogen (secondary N) is 1. The Balaban J connectivity index is 1.13. The second kappa shape index (κ2) is 17.5. The van der Waals surface area contributed by atoms with Gasteiger partial charge in [0.1, 0.15) is 18.7 Å². The molecule has 4 aromatic carbocycles. The van der Waals surface area contributed by atoms with Gasteiger partial charge < -0.3 is 14.8 Å². The first kappa shape index (κ1) is 38.8. The number of ether oxygens (including phenoxy) is 2. The van der Waals surface area contributed by atoms with E-state index < -0.39 is 24.4 Å². The summed E-state index contributed by atoms with van der Waals surface area (Å²) in [5, 5.41) is 7.60. The molecule has 15 heteroatoms. The lowest BCUT2D eigenvalue weighted by molar-refractivity contribution is -0.274. The molecular weight excluding hydrogens is 734 g/mol. The highest BCUT2D eigenvalue weighted by molar-refractivity contribution is 8.15. The first-order valence-electron chi connectivity index (χ1n) is 17.5. The van der Waals surface area contributed by atoms with E-state index >= 15 is 0 Å². The van der Waals surface area contributed by atoms with E-state index in [9.17, 15) is 27.6 Å². The van der Waals surface area contributed by atoms with E-state index in [4.69, 9.17) is 4.74 Å². The van der Waals surface area contributed by atoms with Crippen LogP contribution in [-0.2, 0) is 33.8 Å². The van der Waals surface area contributed by atoms with E-state index in [1.165, 1.54) is 51.9 Å². The number of aromatic nitrogens is 3. The van der Waals surface area contributed by atoms with Crippen molar-refractivity contribution in [2.75, 3.05) is 10.7 Å². The van der Waals surface area contributed by atoms with E-state index in [1.54, 1.807) is 0 Å². The molecule has 1 saturated heterocycles. The monoisotopic (exact) mass is 770 g/mol. The van der Waals surface area contributed by atoms with E-state index in [1.807, 2.05) is 86.6 Å². The zero-order valence-corrected chi connectivity index (χ0v) is 30.8. The highest BCUT2D eigenvalue weighted by Crippen LogP contribution is 2.33. The fourth-order valence-corrected chi connectivity index (χ4v) is 6.86. The summed E-state index contributed by atoms with van der Waals surface area (Å²) < 4.78 is 48.4. The Kier molecular flexibility index (Phi) is 12.3. The van der Waals surface area contributed by atoms with Crippen molar-refractivity contribution in [2.24, 2.45) is 4.99 Å². The lowest BCUT2D eigenvalue weighted by Crippen LogP contribution is -2.37. The van der Waals surface area contributed by atoms with Crippen LogP contribution in [0.2, 0.25) is 0 Å². The Morgan fingerprint density at radius 1 is 0.964 bits per heavy atom. The number of halogens is 3. The number of nitrogens with zero attached hydrogens (tertiary/aromatic N) is 5. The fourth-order valence-electron chi connectivity index (χ4n) is 5.99. The van der Waals surface area contributed by atoms with Gasteiger partial charge in [0.15, 0.2) is 11.0 Å². The number of alkyl halides is 3. The number of amides is 3. The molecule has 2 heterocycles. The normalized spacial score (nSPS) is 14.2. The molecule has 1 aromatic heterocycles. The molecule has 11 nitrogen and oxygen atoms in total. The van der Waals surface area contributed by atoms with Crippen LogP contribution in [0.3, 0.4) is 0 Å². The molecule has 55 heavy (non-hydrogen) atoms. The highest BCUT2D eigenvalue weighted by atomic mass is 32.2. The maximum atomic E-state index is 13.5. The topological polar surface area (TPSA) is 128 Å². The molecule has 3 amide bonds. The lowest BCUT2D eigenvalue weighted by Gasteiger charge is -2.22. The maximum Gasteiger partial charge on any atom is 0.573 e.